The second kappa shape index (κ2) is 19.8. The molecular formula is C41H53N5O10. The molecule has 0 unspecified atom stereocenters. The standard InChI is InChI=1S/C41H53N5O10/c1-25(2)19-30(43-23-35(49)56-41(3,4)5)39(52)46-18-12-11-17-32(46)37(50)44-27(20-26-13-7-6-8-14-26)24-55-33-22-42-29-16-10-9-15-28(29)36(33)38(51)45-31(40(53)54)21-34(47)48/h6-10,13-16,22,25,27,30-32,43H,11-12,17-21,23-24H2,1-5H3,(H,44,50)(H,45,51)(H,47,48)(H,53,54)/t27-,30+,31+,32-/m1/s1. The molecule has 3 aromatic rings. The molecule has 1 saturated heterocycles. The molecule has 0 radical (unpaired) electrons. The van der Waals surface area contributed by atoms with Gasteiger partial charge in [-0.15, -0.1) is 0 Å². The number of hydrogen-bond donors (Lipinski definition) is 5. The average molecular weight is 776 g/mol. The van der Waals surface area contributed by atoms with Crippen molar-refractivity contribution in [1.82, 2.24) is 25.8 Å². The number of amides is 3. The van der Waals surface area contributed by atoms with Gasteiger partial charge in [-0.2, -0.15) is 0 Å². The van der Waals surface area contributed by atoms with Crippen LogP contribution in [0.3, 0.4) is 0 Å². The number of nitrogens with one attached hydrogen (secondary N) is 3. The molecule has 1 fully saturated rings. The zero-order chi connectivity index (χ0) is 41.0. The van der Waals surface area contributed by atoms with E-state index in [0.717, 1.165) is 12.0 Å². The molecule has 3 amide bonds. The third kappa shape index (κ3) is 12.8. The van der Waals surface area contributed by atoms with E-state index in [-0.39, 0.29) is 42.2 Å². The van der Waals surface area contributed by atoms with Crippen molar-refractivity contribution in [2.45, 2.75) is 103 Å². The van der Waals surface area contributed by atoms with Gasteiger partial charge in [-0.05, 0) is 70.4 Å². The van der Waals surface area contributed by atoms with Gasteiger partial charge in [-0.3, -0.25) is 34.3 Å². The molecule has 0 bridgehead atoms. The van der Waals surface area contributed by atoms with Gasteiger partial charge in [0.2, 0.25) is 11.8 Å². The van der Waals surface area contributed by atoms with Crippen LogP contribution in [0.25, 0.3) is 10.9 Å². The van der Waals surface area contributed by atoms with Gasteiger partial charge < -0.3 is 35.2 Å². The number of aliphatic carboxylic acids is 2. The van der Waals surface area contributed by atoms with Gasteiger partial charge >= 0.3 is 17.9 Å². The third-order valence-electron chi connectivity index (χ3n) is 9.07. The summed E-state index contributed by atoms with van der Waals surface area (Å²) in [5, 5.41) is 27.6. The minimum Gasteiger partial charge on any atom is -0.489 e. The van der Waals surface area contributed by atoms with Gasteiger partial charge in [0.15, 0.2) is 5.75 Å². The second-order valence-corrected chi connectivity index (χ2v) is 15.4. The van der Waals surface area contributed by atoms with E-state index < -0.39 is 60.0 Å². The maximum Gasteiger partial charge on any atom is 0.326 e. The average Bonchev–Trinajstić information content (AvgIpc) is 3.14. The molecule has 302 valence electrons. The Morgan fingerprint density at radius 3 is 2.29 bits per heavy atom. The molecule has 4 atom stereocenters. The van der Waals surface area contributed by atoms with E-state index in [1.54, 1.807) is 49.9 Å². The number of aromatic nitrogens is 1. The van der Waals surface area contributed by atoms with Crippen LogP contribution in [0.2, 0.25) is 0 Å². The first-order chi connectivity index (χ1) is 26.5. The van der Waals surface area contributed by atoms with Crippen LogP contribution in [-0.4, -0.2) is 105 Å². The summed E-state index contributed by atoms with van der Waals surface area (Å²) in [6.45, 7) is 9.31. The van der Waals surface area contributed by atoms with E-state index in [9.17, 15) is 39.0 Å². The van der Waals surface area contributed by atoms with Crippen molar-refractivity contribution in [2.24, 2.45) is 5.92 Å². The van der Waals surface area contributed by atoms with Gasteiger partial charge in [0.05, 0.1) is 42.3 Å². The maximum absolute atomic E-state index is 14.2. The molecule has 15 heteroatoms. The Kier molecular flexibility index (Phi) is 15.3. The molecule has 1 aliphatic rings. The molecule has 2 heterocycles. The maximum atomic E-state index is 14.2. The molecule has 5 N–H and O–H groups in total. The summed E-state index contributed by atoms with van der Waals surface area (Å²) < 4.78 is 11.7. The number of carboxylic acids is 2. The monoisotopic (exact) mass is 775 g/mol. The molecule has 0 saturated carbocycles. The van der Waals surface area contributed by atoms with Crippen LogP contribution in [0.15, 0.2) is 60.8 Å². The predicted molar refractivity (Wildman–Crippen MR) is 207 cm³/mol. The minimum absolute atomic E-state index is 0.00460. The van der Waals surface area contributed by atoms with Gasteiger partial charge in [0.25, 0.3) is 5.91 Å². The first kappa shape index (κ1) is 43.2. The molecule has 1 aliphatic heterocycles. The number of likely N-dealkylation sites (tertiary alicyclic amines) is 1. The lowest BCUT2D eigenvalue weighted by Crippen LogP contribution is -2.59. The molecule has 56 heavy (non-hydrogen) atoms. The molecule has 4 rings (SSSR count). The number of rotatable bonds is 18. The summed E-state index contributed by atoms with van der Waals surface area (Å²) in [5.41, 5.74) is 0.573. The highest BCUT2D eigenvalue weighted by Crippen LogP contribution is 2.27. The third-order valence-corrected chi connectivity index (χ3v) is 9.07. The smallest absolute Gasteiger partial charge is 0.326 e. The van der Waals surface area contributed by atoms with Crippen molar-refractivity contribution < 1.29 is 48.5 Å². The predicted octanol–water partition coefficient (Wildman–Crippen LogP) is 3.73. The highest BCUT2D eigenvalue weighted by atomic mass is 16.6. The number of pyridine rings is 1. The molecular weight excluding hydrogens is 722 g/mol. The number of fused-ring (bicyclic) bond motifs is 1. The number of piperidine rings is 1. The number of carboxylic acid groups (broad SMARTS) is 2. The highest BCUT2D eigenvalue weighted by Gasteiger charge is 2.37. The summed E-state index contributed by atoms with van der Waals surface area (Å²) in [6.07, 6.45) is 3.11. The summed E-state index contributed by atoms with van der Waals surface area (Å²) in [6, 6.07) is 12.2. The zero-order valence-electron chi connectivity index (χ0n) is 32.6. The number of ether oxygens (including phenoxy) is 2. The van der Waals surface area contributed by atoms with Gasteiger partial charge in [0.1, 0.15) is 24.3 Å². The lowest BCUT2D eigenvalue weighted by Gasteiger charge is -2.38. The van der Waals surface area contributed by atoms with E-state index in [0.29, 0.717) is 43.1 Å². The Morgan fingerprint density at radius 1 is 0.929 bits per heavy atom. The first-order valence-electron chi connectivity index (χ1n) is 18.9. The van der Waals surface area contributed by atoms with Crippen LogP contribution in [0.1, 0.15) is 82.6 Å². The molecule has 0 aliphatic carbocycles. The van der Waals surface area contributed by atoms with E-state index in [1.807, 2.05) is 44.2 Å². The highest BCUT2D eigenvalue weighted by molar-refractivity contribution is 6.09. The number of carbonyl (C=O) groups is 6. The van der Waals surface area contributed by atoms with E-state index in [4.69, 9.17) is 9.47 Å². The van der Waals surface area contributed by atoms with Crippen molar-refractivity contribution in [3.63, 3.8) is 0 Å². The summed E-state index contributed by atoms with van der Waals surface area (Å²) in [4.78, 5) is 83.6. The Hall–Kier alpha value is -5.57. The number of nitrogens with zero attached hydrogens (tertiary/aromatic N) is 2. The number of benzene rings is 2. The largest absolute Gasteiger partial charge is 0.489 e. The van der Waals surface area contributed by atoms with Gasteiger partial charge in [-0.25, -0.2) is 4.79 Å². The van der Waals surface area contributed by atoms with E-state index >= 15 is 0 Å². The van der Waals surface area contributed by atoms with Crippen molar-refractivity contribution in [1.29, 1.82) is 0 Å². The topological polar surface area (TPSA) is 214 Å². The fraction of sp³-hybridized carbons (Fsp3) is 0.488. The molecule has 15 nitrogen and oxygen atoms in total. The summed E-state index contributed by atoms with van der Waals surface area (Å²) in [5.74, 6) is -4.83. The van der Waals surface area contributed by atoms with Crippen LogP contribution in [0, 0.1) is 5.92 Å². The quantitative estimate of drug-likeness (QED) is 0.117. The Bertz CT molecular complexity index is 1860. The normalized spacial score (nSPS) is 16.0. The molecule has 0 spiro atoms. The van der Waals surface area contributed by atoms with Crippen LogP contribution in [0.4, 0.5) is 0 Å². The number of esters is 1. The first-order valence-corrected chi connectivity index (χ1v) is 18.9. The van der Waals surface area contributed by atoms with Crippen LogP contribution < -0.4 is 20.7 Å². The van der Waals surface area contributed by atoms with Gasteiger partial charge in [0, 0.05) is 11.9 Å². The van der Waals surface area contributed by atoms with Crippen LogP contribution in [-0.2, 0) is 35.1 Å². The Balaban J connectivity index is 1.58. The minimum atomic E-state index is -1.71. The fourth-order valence-corrected chi connectivity index (χ4v) is 6.60. The van der Waals surface area contributed by atoms with Crippen molar-refractivity contribution in [2.75, 3.05) is 19.7 Å². The van der Waals surface area contributed by atoms with Crippen LogP contribution in [0.5, 0.6) is 5.75 Å². The van der Waals surface area contributed by atoms with Gasteiger partial charge in [-0.1, -0.05) is 62.4 Å². The van der Waals surface area contributed by atoms with E-state index in [2.05, 4.69) is 20.9 Å². The fourth-order valence-electron chi connectivity index (χ4n) is 6.60. The number of carbonyl (C=O) groups excluding carboxylic acids is 4. The van der Waals surface area contributed by atoms with Crippen LogP contribution >= 0.6 is 0 Å². The lowest BCUT2D eigenvalue weighted by molar-refractivity contribution is -0.154. The zero-order valence-corrected chi connectivity index (χ0v) is 32.6. The molecule has 1 aromatic heterocycles. The Labute approximate surface area is 326 Å². The van der Waals surface area contributed by atoms with E-state index in [1.165, 1.54) is 6.20 Å². The summed E-state index contributed by atoms with van der Waals surface area (Å²) in [7, 11) is 0. The lowest BCUT2D eigenvalue weighted by atomic mass is 9.96. The number of hydrogen-bond acceptors (Lipinski definition) is 10. The van der Waals surface area contributed by atoms with Crippen molar-refractivity contribution in [3.05, 3.63) is 71.9 Å². The molecule has 2 aromatic carbocycles. The summed E-state index contributed by atoms with van der Waals surface area (Å²) >= 11 is 0. The number of para-hydroxylation sites is 1. The SMILES string of the molecule is CC(C)C[C@H](NCC(=O)OC(C)(C)C)C(=O)N1CCCC[C@@H]1C(=O)N[C@@H](COc1cnc2ccccc2c1C(=O)N[C@@H](CC(=O)O)C(=O)O)Cc1ccccc1. The van der Waals surface area contributed by atoms with Crippen molar-refractivity contribution >= 4 is 46.5 Å². The second-order valence-electron chi connectivity index (χ2n) is 15.4. The Morgan fingerprint density at radius 2 is 1.62 bits per heavy atom. The van der Waals surface area contributed by atoms with Crippen molar-refractivity contribution in [3.8, 4) is 5.75 Å².